The molecule has 10 heteroatoms. The molecule has 1 saturated heterocycles. The summed E-state index contributed by atoms with van der Waals surface area (Å²) in [5.41, 5.74) is 2.51. The zero-order valence-electron chi connectivity index (χ0n) is 14.4. The molecule has 8 nitrogen and oxygen atoms in total. The van der Waals surface area contributed by atoms with Gasteiger partial charge in [-0.25, -0.2) is 9.78 Å². The topological polar surface area (TPSA) is 101 Å². The number of nitrogens with zero attached hydrogens (tertiary/aromatic N) is 4. The van der Waals surface area contributed by atoms with Crippen molar-refractivity contribution in [2.75, 3.05) is 6.54 Å². The van der Waals surface area contributed by atoms with Crippen molar-refractivity contribution in [3.05, 3.63) is 58.5 Å². The lowest BCUT2D eigenvalue weighted by Crippen LogP contribution is -2.51. The van der Waals surface area contributed by atoms with Gasteiger partial charge < -0.3 is 5.32 Å². The minimum atomic E-state index is -0.700. The number of aromatic nitrogens is 4. The Morgan fingerprint density at radius 1 is 1.14 bits per heavy atom. The third-order valence-electron chi connectivity index (χ3n) is 5.17. The molecule has 1 unspecified atom stereocenters. The van der Waals surface area contributed by atoms with E-state index in [2.05, 4.69) is 25.7 Å². The number of hydrogen-bond acceptors (Lipinski definition) is 5. The predicted molar refractivity (Wildman–Crippen MR) is 96.6 cm³/mol. The van der Waals surface area contributed by atoms with Crippen LogP contribution in [0.3, 0.4) is 0 Å². The molecule has 2 aliphatic rings. The van der Waals surface area contributed by atoms with E-state index in [1.807, 2.05) is 6.07 Å². The number of halogens is 2. The Balaban J connectivity index is 1.54. The van der Waals surface area contributed by atoms with E-state index in [1.54, 1.807) is 18.3 Å². The Morgan fingerprint density at radius 2 is 2.00 bits per heavy atom. The van der Waals surface area contributed by atoms with E-state index in [1.165, 1.54) is 0 Å². The van der Waals surface area contributed by atoms with Crippen LogP contribution in [0.2, 0.25) is 5.02 Å². The summed E-state index contributed by atoms with van der Waals surface area (Å²) in [6.45, 7) is 0.103. The lowest BCUT2D eigenvalue weighted by molar-refractivity contribution is -0.122. The summed E-state index contributed by atoms with van der Waals surface area (Å²) in [6.07, 6.45) is 3.54. The minimum Gasteiger partial charge on any atom is -0.337 e. The van der Waals surface area contributed by atoms with Crippen LogP contribution in [0.1, 0.15) is 41.1 Å². The highest BCUT2D eigenvalue weighted by molar-refractivity contribution is 6.30. The predicted octanol–water partition coefficient (Wildman–Crippen LogP) is 2.11. The van der Waals surface area contributed by atoms with Crippen molar-refractivity contribution < 1.29 is 14.0 Å². The summed E-state index contributed by atoms with van der Waals surface area (Å²) < 4.78 is 15.3. The highest BCUT2D eigenvalue weighted by Crippen LogP contribution is 2.55. The second-order valence-electron chi connectivity index (χ2n) is 6.94. The van der Waals surface area contributed by atoms with E-state index in [-0.39, 0.29) is 18.4 Å². The number of imidazole rings is 1. The van der Waals surface area contributed by atoms with E-state index < -0.39 is 23.8 Å². The molecule has 1 aliphatic heterocycles. The van der Waals surface area contributed by atoms with Gasteiger partial charge in [-0.15, -0.1) is 0 Å². The van der Waals surface area contributed by atoms with Gasteiger partial charge in [0.25, 0.3) is 0 Å². The van der Waals surface area contributed by atoms with E-state index in [4.69, 9.17) is 11.6 Å². The Morgan fingerprint density at radius 3 is 2.75 bits per heavy atom. The van der Waals surface area contributed by atoms with Gasteiger partial charge in [0.15, 0.2) is 5.65 Å². The average Bonchev–Trinajstić information content (AvgIpc) is 3.38. The van der Waals surface area contributed by atoms with E-state index in [0.717, 1.165) is 28.4 Å². The molecule has 1 aliphatic carbocycles. The zero-order chi connectivity index (χ0) is 19.4. The van der Waals surface area contributed by atoms with Crippen LogP contribution in [-0.2, 0) is 4.79 Å². The normalized spacial score (nSPS) is 24.1. The molecule has 2 fully saturated rings. The molecule has 3 aromatic rings. The van der Waals surface area contributed by atoms with Crippen LogP contribution >= 0.6 is 11.6 Å². The summed E-state index contributed by atoms with van der Waals surface area (Å²) in [6, 6.07) is 4.90. The molecule has 0 radical (unpaired) electrons. The smallest absolute Gasteiger partial charge is 0.321 e. The van der Waals surface area contributed by atoms with Gasteiger partial charge in [0, 0.05) is 29.9 Å². The lowest BCUT2D eigenvalue weighted by atomic mass is 9.99. The maximum absolute atomic E-state index is 14.2. The number of urea groups is 1. The van der Waals surface area contributed by atoms with E-state index in [9.17, 15) is 14.0 Å². The van der Waals surface area contributed by atoms with Crippen molar-refractivity contribution in [2.24, 2.45) is 0 Å². The number of carbonyl (C=O) groups is 2. The maximum Gasteiger partial charge on any atom is 0.321 e. The maximum atomic E-state index is 14.2. The minimum absolute atomic E-state index is 0.0842. The molecule has 142 valence electrons. The fraction of sp³-hybridized carbons (Fsp3) is 0.278. The molecule has 4 heterocycles. The van der Waals surface area contributed by atoms with Crippen molar-refractivity contribution in [3.8, 4) is 0 Å². The number of nitrogens with one attached hydrogen (secondary N) is 2. The third kappa shape index (κ3) is 2.78. The van der Waals surface area contributed by atoms with Gasteiger partial charge in [-0.05, 0) is 30.5 Å². The molecule has 0 spiro atoms. The second kappa shape index (κ2) is 6.23. The van der Waals surface area contributed by atoms with Gasteiger partial charge >= 0.3 is 6.03 Å². The van der Waals surface area contributed by atoms with Crippen molar-refractivity contribution in [1.29, 1.82) is 0 Å². The summed E-state index contributed by atoms with van der Waals surface area (Å²) in [4.78, 5) is 32.1. The first-order valence-electron chi connectivity index (χ1n) is 8.75. The monoisotopic (exact) mass is 400 g/mol. The molecule has 2 N–H and O–H groups in total. The summed E-state index contributed by atoms with van der Waals surface area (Å²) in [5.74, 6) is -1.53. The standard InChI is InChI=1S/C18H14ClFN6O2/c19-8-1-2-13(21-5-8)10-3-9(10)11-4-14(12-6-23-18(28)24-17(12)27)25-26-15(20)7-22-16(11)26/h1-2,4-5,7,9-10,12H,3,6H2,(H2,23,24,27,28)/t9-,10-,12?/m0/s1. The summed E-state index contributed by atoms with van der Waals surface area (Å²) in [7, 11) is 0. The SMILES string of the molecule is O=C1NCC(c2cc([C@H]3C[C@@H]3c3ccc(Cl)cn3)c3ncc(F)n3n2)C(=O)N1. The fourth-order valence-corrected chi connectivity index (χ4v) is 3.78. The molecule has 3 aromatic heterocycles. The number of fused-ring (bicyclic) bond motifs is 1. The average molecular weight is 401 g/mol. The first-order valence-corrected chi connectivity index (χ1v) is 9.13. The highest BCUT2D eigenvalue weighted by Gasteiger charge is 2.43. The number of amides is 3. The first-order chi connectivity index (χ1) is 13.5. The second-order valence-corrected chi connectivity index (χ2v) is 7.38. The molecule has 3 atom stereocenters. The summed E-state index contributed by atoms with van der Waals surface area (Å²) >= 11 is 5.91. The van der Waals surface area contributed by atoms with Gasteiger partial charge in [-0.1, -0.05) is 11.6 Å². The van der Waals surface area contributed by atoms with Gasteiger partial charge in [-0.3, -0.25) is 15.1 Å². The molecular weight excluding hydrogens is 387 g/mol. The summed E-state index contributed by atoms with van der Waals surface area (Å²) in [5, 5.41) is 9.60. The molecule has 28 heavy (non-hydrogen) atoms. The Labute approximate surface area is 163 Å². The number of hydrogen-bond donors (Lipinski definition) is 2. The molecule has 3 amide bonds. The van der Waals surface area contributed by atoms with E-state index in [0.29, 0.717) is 16.4 Å². The fourth-order valence-electron chi connectivity index (χ4n) is 3.67. The molecular formula is C18H14ClFN6O2. The number of carbonyl (C=O) groups excluding carboxylic acids is 2. The zero-order valence-corrected chi connectivity index (χ0v) is 15.2. The van der Waals surface area contributed by atoms with E-state index >= 15 is 0 Å². The van der Waals surface area contributed by atoms with Crippen LogP contribution < -0.4 is 10.6 Å². The molecule has 5 rings (SSSR count). The van der Waals surface area contributed by atoms with Crippen LogP contribution in [0.15, 0.2) is 30.6 Å². The number of imide groups is 1. The Bertz CT molecular complexity index is 1120. The third-order valence-corrected chi connectivity index (χ3v) is 5.39. The van der Waals surface area contributed by atoms with Crippen molar-refractivity contribution >= 4 is 29.2 Å². The quantitative estimate of drug-likeness (QED) is 0.701. The van der Waals surface area contributed by atoms with Crippen LogP contribution in [0.25, 0.3) is 5.65 Å². The van der Waals surface area contributed by atoms with Crippen LogP contribution in [0.5, 0.6) is 0 Å². The molecule has 1 saturated carbocycles. The highest BCUT2D eigenvalue weighted by atomic mass is 35.5. The Hall–Kier alpha value is -3.07. The largest absolute Gasteiger partial charge is 0.337 e. The molecule has 0 bridgehead atoms. The van der Waals surface area contributed by atoms with Gasteiger partial charge in [0.05, 0.1) is 22.8 Å². The van der Waals surface area contributed by atoms with Gasteiger partial charge in [-0.2, -0.15) is 14.0 Å². The van der Waals surface area contributed by atoms with Crippen LogP contribution in [0.4, 0.5) is 9.18 Å². The van der Waals surface area contributed by atoms with Crippen LogP contribution in [0, 0.1) is 5.95 Å². The van der Waals surface area contributed by atoms with Crippen molar-refractivity contribution in [2.45, 2.75) is 24.2 Å². The van der Waals surface area contributed by atoms with Crippen LogP contribution in [-0.4, -0.2) is 38.1 Å². The van der Waals surface area contributed by atoms with Gasteiger partial charge in [0.1, 0.15) is 0 Å². The van der Waals surface area contributed by atoms with Crippen molar-refractivity contribution in [1.82, 2.24) is 30.2 Å². The van der Waals surface area contributed by atoms with Crippen molar-refractivity contribution in [3.63, 3.8) is 0 Å². The van der Waals surface area contributed by atoms with Gasteiger partial charge in [0.2, 0.25) is 11.9 Å². The Kier molecular flexibility index (Phi) is 3.80. The first kappa shape index (κ1) is 17.1. The lowest BCUT2D eigenvalue weighted by Gasteiger charge is -2.22. The number of rotatable bonds is 3. The number of pyridine rings is 1. The molecule has 0 aromatic carbocycles.